The average Bonchev–Trinajstić information content (AvgIpc) is 2.29. The molecule has 0 aromatic heterocycles. The zero-order valence-electron chi connectivity index (χ0n) is 8.47. The van der Waals surface area contributed by atoms with Crippen LogP contribution < -0.4 is 0 Å². The lowest BCUT2D eigenvalue weighted by molar-refractivity contribution is 0.0549. The van der Waals surface area contributed by atoms with Crippen molar-refractivity contribution in [2.45, 2.75) is 6.92 Å². The average molecular weight is 204 g/mol. The number of carbonyl (C=O) groups excluding carboxylic acids is 2. The first-order chi connectivity index (χ1) is 7.27. The van der Waals surface area contributed by atoms with Crippen molar-refractivity contribution in [3.63, 3.8) is 0 Å². The summed E-state index contributed by atoms with van der Waals surface area (Å²) in [6, 6.07) is 6.31. The number of carbonyl (C=O) groups is 2. The zero-order valence-corrected chi connectivity index (χ0v) is 8.47. The number of aldehydes is 1. The fourth-order valence-electron chi connectivity index (χ4n) is 1.00. The fourth-order valence-corrected chi connectivity index (χ4v) is 1.00. The maximum Gasteiger partial charge on any atom is 0.338 e. The number of rotatable bonds is 4. The Bertz CT molecular complexity index is 363. The van der Waals surface area contributed by atoms with Crippen LogP contribution in [-0.4, -0.2) is 18.9 Å². The quantitative estimate of drug-likeness (QED) is 0.429. The normalized spacial score (nSPS) is 10.2. The molecule has 1 rings (SSSR count). The van der Waals surface area contributed by atoms with E-state index in [1.165, 1.54) is 0 Å². The van der Waals surface area contributed by atoms with E-state index in [9.17, 15) is 9.59 Å². The Hall–Kier alpha value is -1.90. The predicted molar refractivity (Wildman–Crippen MR) is 56.9 cm³/mol. The van der Waals surface area contributed by atoms with E-state index in [2.05, 4.69) is 0 Å². The van der Waals surface area contributed by atoms with Crippen LogP contribution in [0, 0.1) is 0 Å². The molecule has 0 radical (unpaired) electrons. The maximum absolute atomic E-state index is 11.4. The minimum atomic E-state index is -0.384. The Morgan fingerprint density at radius 2 is 2.00 bits per heavy atom. The maximum atomic E-state index is 11.4. The SMILES string of the molecule is C/C=C/COC(=O)c1ccc(C=O)cc1. The topological polar surface area (TPSA) is 43.4 Å². The van der Waals surface area contributed by atoms with Gasteiger partial charge in [-0.2, -0.15) is 0 Å². The highest BCUT2D eigenvalue weighted by Gasteiger charge is 2.05. The number of ether oxygens (including phenoxy) is 1. The Kier molecular flexibility index (Phi) is 4.29. The highest BCUT2D eigenvalue weighted by Crippen LogP contribution is 2.04. The van der Waals surface area contributed by atoms with Gasteiger partial charge in [0.25, 0.3) is 0 Å². The minimum Gasteiger partial charge on any atom is -0.458 e. The van der Waals surface area contributed by atoms with Crippen molar-refractivity contribution >= 4 is 12.3 Å². The van der Waals surface area contributed by atoms with E-state index >= 15 is 0 Å². The van der Waals surface area contributed by atoms with E-state index < -0.39 is 0 Å². The lowest BCUT2D eigenvalue weighted by Gasteiger charge is -2.01. The van der Waals surface area contributed by atoms with Crippen molar-refractivity contribution in [1.82, 2.24) is 0 Å². The number of benzene rings is 1. The molecule has 0 aliphatic carbocycles. The van der Waals surface area contributed by atoms with Crippen molar-refractivity contribution < 1.29 is 14.3 Å². The van der Waals surface area contributed by atoms with Gasteiger partial charge in [0.15, 0.2) is 0 Å². The zero-order chi connectivity index (χ0) is 11.1. The third kappa shape index (κ3) is 3.38. The van der Waals surface area contributed by atoms with Crippen molar-refractivity contribution in [2.75, 3.05) is 6.61 Å². The molecule has 0 fully saturated rings. The third-order valence-corrected chi connectivity index (χ3v) is 1.83. The lowest BCUT2D eigenvalue weighted by atomic mass is 10.1. The second kappa shape index (κ2) is 5.75. The highest BCUT2D eigenvalue weighted by atomic mass is 16.5. The molecule has 0 aliphatic heterocycles. The van der Waals surface area contributed by atoms with E-state index in [-0.39, 0.29) is 12.6 Å². The van der Waals surface area contributed by atoms with E-state index in [1.54, 1.807) is 30.3 Å². The molecule has 0 aliphatic rings. The summed E-state index contributed by atoms with van der Waals surface area (Å²) < 4.78 is 4.93. The van der Waals surface area contributed by atoms with Gasteiger partial charge in [-0.1, -0.05) is 24.3 Å². The van der Waals surface area contributed by atoms with Gasteiger partial charge in [-0.15, -0.1) is 0 Å². The summed E-state index contributed by atoms with van der Waals surface area (Å²) in [5.41, 5.74) is 0.991. The number of hydrogen-bond donors (Lipinski definition) is 0. The van der Waals surface area contributed by atoms with Gasteiger partial charge in [0, 0.05) is 5.56 Å². The van der Waals surface area contributed by atoms with Crippen LogP contribution in [0.1, 0.15) is 27.6 Å². The molecule has 0 heterocycles. The second-order valence-electron chi connectivity index (χ2n) is 2.91. The smallest absolute Gasteiger partial charge is 0.338 e. The van der Waals surface area contributed by atoms with E-state index in [4.69, 9.17) is 4.74 Å². The van der Waals surface area contributed by atoms with Gasteiger partial charge in [-0.25, -0.2) is 4.79 Å². The van der Waals surface area contributed by atoms with Crippen molar-refractivity contribution in [1.29, 1.82) is 0 Å². The molecule has 0 unspecified atom stereocenters. The molecule has 0 atom stereocenters. The molecule has 0 bridgehead atoms. The number of esters is 1. The summed E-state index contributed by atoms with van der Waals surface area (Å²) in [6.07, 6.45) is 4.29. The first-order valence-electron chi connectivity index (χ1n) is 4.61. The molecule has 3 nitrogen and oxygen atoms in total. The van der Waals surface area contributed by atoms with Gasteiger partial charge in [0.05, 0.1) is 5.56 Å². The van der Waals surface area contributed by atoms with Crippen molar-refractivity contribution in [3.8, 4) is 0 Å². The first kappa shape index (κ1) is 11.2. The van der Waals surface area contributed by atoms with E-state index in [0.29, 0.717) is 11.1 Å². The molecular weight excluding hydrogens is 192 g/mol. The van der Waals surface area contributed by atoms with Crippen LogP contribution in [0.15, 0.2) is 36.4 Å². The van der Waals surface area contributed by atoms with Gasteiger partial charge < -0.3 is 4.74 Å². The Labute approximate surface area is 88.4 Å². The van der Waals surface area contributed by atoms with Crippen LogP contribution in [0.5, 0.6) is 0 Å². The Morgan fingerprint density at radius 3 is 2.53 bits per heavy atom. The molecule has 0 spiro atoms. The number of allylic oxidation sites excluding steroid dienone is 1. The molecule has 0 saturated carbocycles. The molecule has 1 aromatic carbocycles. The van der Waals surface area contributed by atoms with Crippen LogP contribution in [0.4, 0.5) is 0 Å². The molecule has 78 valence electrons. The Morgan fingerprint density at radius 1 is 1.33 bits per heavy atom. The van der Waals surface area contributed by atoms with Gasteiger partial charge in [0.1, 0.15) is 12.9 Å². The lowest BCUT2D eigenvalue weighted by Crippen LogP contribution is -2.04. The van der Waals surface area contributed by atoms with Crippen molar-refractivity contribution in [3.05, 3.63) is 47.5 Å². The van der Waals surface area contributed by atoms with E-state index in [0.717, 1.165) is 6.29 Å². The van der Waals surface area contributed by atoms with E-state index in [1.807, 2.05) is 13.0 Å². The summed E-state index contributed by atoms with van der Waals surface area (Å²) in [6.45, 7) is 2.12. The van der Waals surface area contributed by atoms with Crippen molar-refractivity contribution in [2.24, 2.45) is 0 Å². The largest absolute Gasteiger partial charge is 0.458 e. The standard InChI is InChI=1S/C12H12O3/c1-2-3-8-15-12(14)11-6-4-10(9-13)5-7-11/h2-7,9H,8H2,1H3/b3-2+. The summed E-state index contributed by atoms with van der Waals surface area (Å²) in [5.74, 6) is -0.384. The van der Waals surface area contributed by atoms with Crippen LogP contribution >= 0.6 is 0 Å². The first-order valence-corrected chi connectivity index (χ1v) is 4.61. The molecule has 1 aromatic rings. The third-order valence-electron chi connectivity index (χ3n) is 1.83. The molecular formula is C12H12O3. The molecule has 0 N–H and O–H groups in total. The summed E-state index contributed by atoms with van der Waals surface area (Å²) in [5, 5.41) is 0. The monoisotopic (exact) mass is 204 g/mol. The second-order valence-corrected chi connectivity index (χ2v) is 2.91. The van der Waals surface area contributed by atoms with Crippen LogP contribution in [0.3, 0.4) is 0 Å². The fraction of sp³-hybridized carbons (Fsp3) is 0.167. The predicted octanol–water partition coefficient (Wildman–Crippen LogP) is 2.23. The molecule has 0 saturated heterocycles. The van der Waals surface area contributed by atoms with Gasteiger partial charge in [-0.05, 0) is 19.1 Å². The molecule has 15 heavy (non-hydrogen) atoms. The van der Waals surface area contributed by atoms with Gasteiger partial charge in [-0.3, -0.25) is 4.79 Å². The van der Waals surface area contributed by atoms with Crippen LogP contribution in [0.2, 0.25) is 0 Å². The summed E-state index contributed by atoms with van der Waals surface area (Å²) in [7, 11) is 0. The summed E-state index contributed by atoms with van der Waals surface area (Å²) >= 11 is 0. The molecule has 3 heteroatoms. The molecule has 0 amide bonds. The van der Waals surface area contributed by atoms with Gasteiger partial charge >= 0.3 is 5.97 Å². The highest BCUT2D eigenvalue weighted by molar-refractivity contribution is 5.90. The minimum absolute atomic E-state index is 0.269. The van der Waals surface area contributed by atoms with Gasteiger partial charge in [0.2, 0.25) is 0 Å². The van der Waals surface area contributed by atoms with Crippen LogP contribution in [-0.2, 0) is 4.74 Å². The number of hydrogen-bond acceptors (Lipinski definition) is 3. The summed E-state index contributed by atoms with van der Waals surface area (Å²) in [4.78, 5) is 21.7. The van der Waals surface area contributed by atoms with Crippen LogP contribution in [0.25, 0.3) is 0 Å². The Balaban J connectivity index is 2.61.